The molecule has 0 bridgehead atoms. The molecule has 8 heteroatoms. The van der Waals surface area contributed by atoms with E-state index in [0.29, 0.717) is 39.1 Å². The Morgan fingerprint density at radius 2 is 0.938 bits per heavy atom. The Morgan fingerprint density at radius 3 is 1.31 bits per heavy atom. The van der Waals surface area contributed by atoms with Crippen LogP contribution in [0.2, 0.25) is 0 Å². The Labute approximate surface area is 382 Å². The smallest absolute Gasteiger partial charge is 0.228 e. The molecule has 0 aliphatic carbocycles. The Kier molecular flexibility index (Phi) is 12.1. The Hall–Kier alpha value is -5.99. The summed E-state index contributed by atoms with van der Waals surface area (Å²) in [7, 11) is 0. The second kappa shape index (κ2) is 17.9. The molecule has 328 valence electrons. The van der Waals surface area contributed by atoms with Crippen molar-refractivity contribution < 1.29 is 23.8 Å². The zero-order chi connectivity index (χ0) is 44.6. The molecular formula is C56H58N2O5S. The third-order valence-electron chi connectivity index (χ3n) is 12.6. The maximum absolute atomic E-state index is 14.1. The minimum Gasteiger partial charge on any atom is -0.489 e. The van der Waals surface area contributed by atoms with Crippen molar-refractivity contribution in [3.8, 4) is 23.0 Å². The fourth-order valence-corrected chi connectivity index (χ4v) is 10.2. The van der Waals surface area contributed by atoms with Gasteiger partial charge in [0.25, 0.3) is 0 Å². The highest BCUT2D eigenvalue weighted by Gasteiger charge is 2.39. The van der Waals surface area contributed by atoms with E-state index in [1.54, 1.807) is 11.8 Å². The van der Waals surface area contributed by atoms with Crippen LogP contribution in [-0.2, 0) is 48.5 Å². The standard InChI is InChI=1S/C56H58N2O5S/c1-55(2,3)53(59)57-27-25-41-31-51-49(33-45(41)47(57)29-37-17-21-43(22-18-37)61-35-39-13-9-7-10-14-39)63-50-34-46-42(32-52(50)64-51)26-28-58(54(60)56(4,5)6)48(46)30-38-19-23-44(24-20-38)62-36-40-15-11-8-12-16-40/h7-24,31-34,47-48H,25-30,35-36H2,1-6H3. The monoisotopic (exact) mass is 870 g/mol. The number of carbonyl (C=O) groups is 2. The summed E-state index contributed by atoms with van der Waals surface area (Å²) in [5.41, 5.74) is 8.24. The van der Waals surface area contributed by atoms with E-state index in [4.69, 9.17) is 14.2 Å². The number of fused-ring (bicyclic) bond motifs is 4. The first-order valence-electron chi connectivity index (χ1n) is 22.6. The molecule has 0 saturated carbocycles. The van der Waals surface area contributed by atoms with Gasteiger partial charge < -0.3 is 24.0 Å². The van der Waals surface area contributed by atoms with Crippen molar-refractivity contribution in [2.24, 2.45) is 10.8 Å². The summed E-state index contributed by atoms with van der Waals surface area (Å²) < 4.78 is 19.1. The number of benzene rings is 6. The average molecular weight is 871 g/mol. The molecule has 0 saturated heterocycles. The van der Waals surface area contributed by atoms with Crippen LogP contribution in [0.1, 0.15) is 98.1 Å². The van der Waals surface area contributed by atoms with Gasteiger partial charge in [0, 0.05) is 23.9 Å². The van der Waals surface area contributed by atoms with E-state index in [1.807, 2.05) is 102 Å². The first kappa shape index (κ1) is 43.3. The molecule has 64 heavy (non-hydrogen) atoms. The number of rotatable bonds is 10. The maximum atomic E-state index is 14.1. The number of hydrogen-bond acceptors (Lipinski definition) is 6. The first-order chi connectivity index (χ1) is 30.8. The van der Waals surface area contributed by atoms with Crippen LogP contribution in [0.25, 0.3) is 0 Å². The van der Waals surface area contributed by atoms with Gasteiger partial charge in [0.2, 0.25) is 11.8 Å². The van der Waals surface area contributed by atoms with Crippen LogP contribution in [0.3, 0.4) is 0 Å². The third-order valence-corrected chi connectivity index (χ3v) is 13.6. The van der Waals surface area contributed by atoms with Crippen molar-refractivity contribution >= 4 is 23.6 Å². The Morgan fingerprint density at radius 1 is 0.547 bits per heavy atom. The van der Waals surface area contributed by atoms with Crippen molar-refractivity contribution in [2.45, 2.75) is 102 Å². The van der Waals surface area contributed by atoms with Gasteiger partial charge in [-0.1, -0.05) is 138 Å². The molecule has 2 unspecified atom stereocenters. The van der Waals surface area contributed by atoms with Crippen LogP contribution >= 0.6 is 11.8 Å². The van der Waals surface area contributed by atoms with Gasteiger partial charge in [-0.05, 0) is 119 Å². The van der Waals surface area contributed by atoms with E-state index in [0.717, 1.165) is 79.0 Å². The third kappa shape index (κ3) is 9.44. The number of nitrogens with zero attached hydrogens (tertiary/aromatic N) is 2. The number of carbonyl (C=O) groups excluding carboxylic acids is 2. The van der Waals surface area contributed by atoms with E-state index < -0.39 is 10.8 Å². The van der Waals surface area contributed by atoms with Gasteiger partial charge in [0.1, 0.15) is 36.2 Å². The van der Waals surface area contributed by atoms with Gasteiger partial charge in [-0.3, -0.25) is 9.59 Å². The molecule has 3 heterocycles. The molecule has 7 nitrogen and oxygen atoms in total. The normalized spacial score (nSPS) is 16.7. The van der Waals surface area contributed by atoms with Gasteiger partial charge >= 0.3 is 0 Å². The fourth-order valence-electron chi connectivity index (χ4n) is 9.13. The molecule has 0 N–H and O–H groups in total. The highest BCUT2D eigenvalue weighted by atomic mass is 32.2. The van der Waals surface area contributed by atoms with Gasteiger partial charge in [0.15, 0.2) is 0 Å². The molecule has 0 aromatic heterocycles. The summed E-state index contributed by atoms with van der Waals surface area (Å²) in [5.74, 6) is 3.52. The molecule has 6 aromatic rings. The fraction of sp³-hybridized carbons (Fsp3) is 0.321. The summed E-state index contributed by atoms with van der Waals surface area (Å²) in [6.07, 6.45) is 2.90. The zero-order valence-corrected chi connectivity index (χ0v) is 38.7. The number of ether oxygens (including phenoxy) is 3. The summed E-state index contributed by atoms with van der Waals surface area (Å²) in [5, 5.41) is 0. The zero-order valence-electron chi connectivity index (χ0n) is 37.9. The van der Waals surface area contributed by atoms with Crippen LogP contribution in [0.15, 0.2) is 143 Å². The maximum Gasteiger partial charge on any atom is 0.228 e. The average Bonchev–Trinajstić information content (AvgIpc) is 3.29. The van der Waals surface area contributed by atoms with E-state index in [2.05, 4.69) is 82.6 Å². The predicted octanol–water partition coefficient (Wildman–Crippen LogP) is 12.5. The van der Waals surface area contributed by atoms with Crippen LogP contribution in [0, 0.1) is 10.8 Å². The number of hydrogen-bond donors (Lipinski definition) is 0. The lowest BCUT2D eigenvalue weighted by Gasteiger charge is -2.42. The van der Waals surface area contributed by atoms with E-state index in [-0.39, 0.29) is 23.9 Å². The predicted molar refractivity (Wildman–Crippen MR) is 254 cm³/mol. The minimum atomic E-state index is -0.527. The van der Waals surface area contributed by atoms with Crippen molar-refractivity contribution in [3.05, 3.63) is 178 Å². The van der Waals surface area contributed by atoms with Crippen LogP contribution in [-0.4, -0.2) is 34.7 Å². The summed E-state index contributed by atoms with van der Waals surface area (Å²) in [6, 6.07) is 45.6. The molecule has 2 amide bonds. The minimum absolute atomic E-state index is 0.144. The second-order valence-electron chi connectivity index (χ2n) is 19.5. The molecule has 2 atom stereocenters. The lowest BCUT2D eigenvalue weighted by molar-refractivity contribution is -0.143. The van der Waals surface area contributed by atoms with Gasteiger partial charge in [0.05, 0.1) is 21.9 Å². The number of amides is 2. The van der Waals surface area contributed by atoms with Gasteiger partial charge in [-0.2, -0.15) is 0 Å². The summed E-state index contributed by atoms with van der Waals surface area (Å²) in [6.45, 7) is 14.4. The highest BCUT2D eigenvalue weighted by Crippen LogP contribution is 2.52. The molecule has 3 aliphatic heterocycles. The van der Waals surface area contributed by atoms with Crippen molar-refractivity contribution in [1.82, 2.24) is 9.80 Å². The second-order valence-corrected chi connectivity index (χ2v) is 20.6. The van der Waals surface area contributed by atoms with Crippen LogP contribution in [0.4, 0.5) is 0 Å². The van der Waals surface area contributed by atoms with E-state index in [9.17, 15) is 9.59 Å². The van der Waals surface area contributed by atoms with Crippen LogP contribution in [0.5, 0.6) is 23.0 Å². The van der Waals surface area contributed by atoms with Crippen molar-refractivity contribution in [1.29, 1.82) is 0 Å². The molecule has 3 aliphatic rings. The molecule has 0 radical (unpaired) electrons. The Balaban J connectivity index is 0.993. The molecular weight excluding hydrogens is 813 g/mol. The molecule has 0 spiro atoms. The molecule has 0 fully saturated rings. The SMILES string of the molecule is CC(C)(C)C(=O)N1CCc2cc3c(cc2C1Cc1ccc(OCc2ccccc2)cc1)Oc1cc2c(cc1S3)CCN(C(=O)C(C)(C)C)C2Cc1ccc(OCc2ccccc2)cc1. The largest absolute Gasteiger partial charge is 0.489 e. The quantitative estimate of drug-likeness (QED) is 0.136. The van der Waals surface area contributed by atoms with Crippen molar-refractivity contribution in [2.75, 3.05) is 13.1 Å². The topological polar surface area (TPSA) is 68.3 Å². The van der Waals surface area contributed by atoms with Gasteiger partial charge in [-0.25, -0.2) is 0 Å². The van der Waals surface area contributed by atoms with Gasteiger partial charge in [-0.15, -0.1) is 0 Å². The Bertz CT molecular complexity index is 2450. The summed E-state index contributed by atoms with van der Waals surface area (Å²) in [4.78, 5) is 34.6. The van der Waals surface area contributed by atoms with E-state index >= 15 is 0 Å². The molecule has 6 aromatic carbocycles. The molecule has 9 rings (SSSR count). The first-order valence-corrected chi connectivity index (χ1v) is 23.4. The van der Waals surface area contributed by atoms with E-state index in [1.165, 1.54) is 11.1 Å². The lowest BCUT2D eigenvalue weighted by atomic mass is 9.85. The van der Waals surface area contributed by atoms with Crippen LogP contribution < -0.4 is 14.2 Å². The van der Waals surface area contributed by atoms with Crippen molar-refractivity contribution in [3.63, 3.8) is 0 Å². The lowest BCUT2D eigenvalue weighted by Crippen LogP contribution is -2.46. The highest BCUT2D eigenvalue weighted by molar-refractivity contribution is 7.99. The summed E-state index contributed by atoms with van der Waals surface area (Å²) >= 11 is 1.76.